The monoisotopic (exact) mass is 679 g/mol. The molecule has 248 valence electrons. The normalized spacial score (nSPS) is 11.4. The maximum absolute atomic E-state index is 13.5. The summed E-state index contributed by atoms with van der Waals surface area (Å²) in [6, 6.07) is 14.9. The van der Waals surface area contributed by atoms with Crippen molar-refractivity contribution in [3.05, 3.63) is 81.5 Å². The van der Waals surface area contributed by atoms with E-state index in [1.165, 1.54) is 0 Å². The van der Waals surface area contributed by atoms with Crippen LogP contribution in [0.15, 0.2) is 53.7 Å². The van der Waals surface area contributed by atoms with Crippen LogP contribution in [0.25, 0.3) is 5.69 Å². The molecule has 0 aliphatic carbocycles. The molecule has 4 aromatic rings. The molecular weight excluding hydrogens is 643 g/mol. The van der Waals surface area contributed by atoms with Gasteiger partial charge in [0.05, 0.1) is 36.3 Å². The molecule has 0 saturated carbocycles. The summed E-state index contributed by atoms with van der Waals surface area (Å²) < 4.78 is 17.7. The zero-order valence-corrected chi connectivity index (χ0v) is 28.7. The number of hydrogen-bond acceptors (Lipinski definition) is 11. The van der Waals surface area contributed by atoms with Crippen LogP contribution in [0.2, 0.25) is 0 Å². The number of nitrogens with zero attached hydrogens (tertiary/aromatic N) is 3. The molecule has 2 aromatic heterocycles. The summed E-state index contributed by atoms with van der Waals surface area (Å²) in [5, 5.41) is 14.3. The molecule has 0 bridgehead atoms. The van der Waals surface area contributed by atoms with Gasteiger partial charge in [0, 0.05) is 0 Å². The maximum Gasteiger partial charge on any atom is 0.348 e. The zero-order valence-electron chi connectivity index (χ0n) is 27.0. The molecule has 0 spiro atoms. The first-order chi connectivity index (χ1) is 22.5. The van der Waals surface area contributed by atoms with Crippen molar-refractivity contribution >= 4 is 51.9 Å². The number of thiophene rings is 1. The van der Waals surface area contributed by atoms with Gasteiger partial charge in [-0.3, -0.25) is 14.2 Å². The van der Waals surface area contributed by atoms with E-state index in [1.54, 1.807) is 39.8 Å². The SMILES string of the molecule is CCOC(=O)c1sc(NC(=O)C(C)Sc2nnc(CNC(=O)COc3ccccc3)n2-c2cccc(C)c2C)c(C(=O)OCC)c1C. The minimum atomic E-state index is -0.715. The van der Waals surface area contributed by atoms with Crippen LogP contribution in [-0.4, -0.2) is 63.6 Å². The van der Waals surface area contributed by atoms with E-state index in [4.69, 9.17) is 14.2 Å². The van der Waals surface area contributed by atoms with Gasteiger partial charge in [-0.15, -0.1) is 21.5 Å². The van der Waals surface area contributed by atoms with Crippen LogP contribution in [0.4, 0.5) is 5.00 Å². The van der Waals surface area contributed by atoms with E-state index in [-0.39, 0.29) is 47.7 Å². The van der Waals surface area contributed by atoms with Crippen LogP contribution < -0.4 is 15.4 Å². The Bertz CT molecular complexity index is 1750. The summed E-state index contributed by atoms with van der Waals surface area (Å²) >= 11 is 2.12. The van der Waals surface area contributed by atoms with Crippen molar-refractivity contribution in [2.75, 3.05) is 25.1 Å². The average molecular weight is 680 g/mol. The van der Waals surface area contributed by atoms with E-state index in [9.17, 15) is 19.2 Å². The van der Waals surface area contributed by atoms with Crippen molar-refractivity contribution in [2.45, 2.75) is 58.5 Å². The number of anilines is 1. The molecule has 2 aromatic carbocycles. The summed E-state index contributed by atoms with van der Waals surface area (Å²) in [6.07, 6.45) is 0. The van der Waals surface area contributed by atoms with Gasteiger partial charge in [0.15, 0.2) is 17.6 Å². The topological polar surface area (TPSA) is 151 Å². The molecule has 4 rings (SSSR count). The third-order valence-corrected chi connectivity index (χ3v) is 9.28. The lowest BCUT2D eigenvalue weighted by atomic mass is 10.1. The Morgan fingerprint density at radius 1 is 0.915 bits per heavy atom. The third kappa shape index (κ3) is 8.57. The molecule has 1 unspecified atom stereocenters. The van der Waals surface area contributed by atoms with Crippen LogP contribution in [0.5, 0.6) is 5.75 Å². The van der Waals surface area contributed by atoms with Crippen molar-refractivity contribution in [3.63, 3.8) is 0 Å². The Labute approximate surface area is 281 Å². The van der Waals surface area contributed by atoms with Gasteiger partial charge in [-0.2, -0.15) is 0 Å². The van der Waals surface area contributed by atoms with Crippen molar-refractivity contribution in [3.8, 4) is 11.4 Å². The first-order valence-corrected chi connectivity index (χ1v) is 16.7. The molecule has 0 aliphatic rings. The number of aromatic nitrogens is 3. The number of thioether (sulfide) groups is 1. The minimum Gasteiger partial charge on any atom is -0.484 e. The van der Waals surface area contributed by atoms with Gasteiger partial charge in [-0.1, -0.05) is 42.1 Å². The fourth-order valence-corrected chi connectivity index (χ4v) is 6.44. The van der Waals surface area contributed by atoms with E-state index in [0.29, 0.717) is 22.3 Å². The van der Waals surface area contributed by atoms with Crippen LogP contribution in [0, 0.1) is 20.8 Å². The summed E-state index contributed by atoms with van der Waals surface area (Å²) in [7, 11) is 0. The van der Waals surface area contributed by atoms with Gasteiger partial charge in [0.1, 0.15) is 15.6 Å². The molecule has 12 nitrogen and oxygen atoms in total. The number of aryl methyl sites for hydroxylation is 1. The Morgan fingerprint density at radius 3 is 2.32 bits per heavy atom. The molecule has 1 atom stereocenters. The Morgan fingerprint density at radius 2 is 1.62 bits per heavy atom. The summed E-state index contributed by atoms with van der Waals surface area (Å²) in [4.78, 5) is 51.7. The van der Waals surface area contributed by atoms with E-state index in [1.807, 2.05) is 54.8 Å². The first-order valence-electron chi connectivity index (χ1n) is 15.0. The molecular formula is C33H37N5O7S2. The number of para-hydroxylation sites is 1. The molecule has 14 heteroatoms. The number of hydrogen-bond donors (Lipinski definition) is 2. The molecule has 2 N–H and O–H groups in total. The largest absolute Gasteiger partial charge is 0.484 e. The van der Waals surface area contributed by atoms with Crippen LogP contribution >= 0.6 is 23.1 Å². The summed E-state index contributed by atoms with van der Waals surface area (Å²) in [5.41, 5.74) is 3.30. The molecule has 0 aliphatic heterocycles. The molecule has 2 amide bonds. The van der Waals surface area contributed by atoms with Gasteiger partial charge in [0.2, 0.25) is 5.91 Å². The highest BCUT2D eigenvalue weighted by Gasteiger charge is 2.29. The molecule has 0 fully saturated rings. The predicted octanol–water partition coefficient (Wildman–Crippen LogP) is 5.42. The van der Waals surface area contributed by atoms with Crippen molar-refractivity contribution in [2.24, 2.45) is 0 Å². The third-order valence-electron chi connectivity index (χ3n) is 7.05. The van der Waals surface area contributed by atoms with Crippen LogP contribution in [-0.2, 0) is 25.6 Å². The number of carbonyl (C=O) groups is 4. The molecule has 47 heavy (non-hydrogen) atoms. The number of rotatable bonds is 14. The first kappa shape index (κ1) is 35.2. The van der Waals surface area contributed by atoms with Crippen molar-refractivity contribution in [1.29, 1.82) is 0 Å². The fraction of sp³-hybridized carbons (Fsp3) is 0.333. The number of carbonyl (C=O) groups excluding carboxylic acids is 4. The summed E-state index contributed by atoms with van der Waals surface area (Å²) in [6.45, 7) is 10.8. The van der Waals surface area contributed by atoms with Gasteiger partial charge >= 0.3 is 11.9 Å². The highest BCUT2D eigenvalue weighted by molar-refractivity contribution is 8.00. The standard InChI is InChI=1S/C33H37N5O7S2/c1-7-43-31(41)27-21(5)28(32(42)44-8-2)47-30(27)35-29(40)22(6)46-33-37-36-25(38(33)24-16-12-13-19(3)20(24)4)17-34-26(39)18-45-23-14-10-9-11-15-23/h9-16,22H,7-8,17-18H2,1-6H3,(H,34,39)(H,35,40). The lowest BCUT2D eigenvalue weighted by Gasteiger charge is -2.16. The van der Waals surface area contributed by atoms with Gasteiger partial charge in [0.25, 0.3) is 5.91 Å². The van der Waals surface area contributed by atoms with Crippen LogP contribution in [0.1, 0.15) is 63.3 Å². The van der Waals surface area contributed by atoms with E-state index < -0.39 is 23.1 Å². The summed E-state index contributed by atoms with van der Waals surface area (Å²) in [5.74, 6) is -0.965. The average Bonchev–Trinajstić information content (AvgIpc) is 3.60. The second-order valence-corrected chi connectivity index (χ2v) is 12.6. The van der Waals surface area contributed by atoms with Crippen molar-refractivity contribution < 1.29 is 33.4 Å². The van der Waals surface area contributed by atoms with Crippen molar-refractivity contribution in [1.82, 2.24) is 20.1 Å². The number of esters is 2. The smallest absolute Gasteiger partial charge is 0.348 e. The lowest BCUT2D eigenvalue weighted by molar-refractivity contribution is -0.123. The van der Waals surface area contributed by atoms with E-state index in [2.05, 4.69) is 20.8 Å². The quantitative estimate of drug-likeness (QED) is 0.131. The minimum absolute atomic E-state index is 0.0620. The number of amides is 2. The highest BCUT2D eigenvalue weighted by Crippen LogP contribution is 2.35. The second kappa shape index (κ2) is 16.2. The number of benzene rings is 2. The van der Waals surface area contributed by atoms with E-state index in [0.717, 1.165) is 39.9 Å². The molecule has 0 saturated heterocycles. The van der Waals surface area contributed by atoms with Gasteiger partial charge in [-0.05, 0) is 76.4 Å². The Kier molecular flexibility index (Phi) is 12.1. The van der Waals surface area contributed by atoms with Gasteiger partial charge in [-0.25, -0.2) is 9.59 Å². The zero-order chi connectivity index (χ0) is 34.1. The predicted molar refractivity (Wildman–Crippen MR) is 180 cm³/mol. The lowest BCUT2D eigenvalue weighted by Crippen LogP contribution is -2.29. The Balaban J connectivity index is 1.56. The highest BCUT2D eigenvalue weighted by atomic mass is 32.2. The van der Waals surface area contributed by atoms with Crippen LogP contribution in [0.3, 0.4) is 0 Å². The molecule has 2 heterocycles. The second-order valence-electron chi connectivity index (χ2n) is 10.3. The Hall–Kier alpha value is -4.69. The molecule has 0 radical (unpaired) electrons. The number of nitrogens with one attached hydrogen (secondary N) is 2. The number of ether oxygens (including phenoxy) is 3. The fourth-order valence-electron chi connectivity index (χ4n) is 4.47. The maximum atomic E-state index is 13.5. The van der Waals surface area contributed by atoms with Gasteiger partial charge < -0.3 is 24.8 Å². The van der Waals surface area contributed by atoms with E-state index >= 15 is 0 Å².